The van der Waals surface area contributed by atoms with Crippen LogP contribution < -0.4 is 5.73 Å². The fourth-order valence-corrected chi connectivity index (χ4v) is 3.42. The summed E-state index contributed by atoms with van der Waals surface area (Å²) in [5.41, 5.74) is 7.00. The lowest BCUT2D eigenvalue weighted by Crippen LogP contribution is -2.43. The molecule has 2 heterocycles. The molecule has 3 rings (SSSR count). The molecule has 2 aliphatic heterocycles. The summed E-state index contributed by atoms with van der Waals surface area (Å²) in [5.74, 6) is 0.744. The standard InChI is InChI=1S/C17H24N2O2/c18-12-15-6-7-16(21-15)17(20)19-10-8-14(9-11-19)13-4-2-1-3-5-13/h1-5,14-16H,6-12,18H2/t15-,16+/m1/s1. The normalized spacial score (nSPS) is 27.0. The maximum Gasteiger partial charge on any atom is 0.251 e. The molecule has 0 saturated carbocycles. The number of likely N-dealkylation sites (tertiary alicyclic amines) is 1. The molecule has 2 fully saturated rings. The molecule has 4 heteroatoms. The molecule has 0 spiro atoms. The molecule has 0 radical (unpaired) electrons. The third kappa shape index (κ3) is 3.27. The van der Waals surface area contributed by atoms with Crippen molar-refractivity contribution in [2.24, 2.45) is 5.73 Å². The van der Waals surface area contributed by atoms with Gasteiger partial charge in [0.25, 0.3) is 5.91 Å². The van der Waals surface area contributed by atoms with Crippen molar-refractivity contribution < 1.29 is 9.53 Å². The van der Waals surface area contributed by atoms with Gasteiger partial charge in [0.15, 0.2) is 0 Å². The molecule has 1 aromatic carbocycles. The topological polar surface area (TPSA) is 55.6 Å². The Labute approximate surface area is 126 Å². The van der Waals surface area contributed by atoms with Gasteiger partial charge in [-0.05, 0) is 37.2 Å². The largest absolute Gasteiger partial charge is 0.364 e. The first-order valence-electron chi connectivity index (χ1n) is 7.97. The van der Waals surface area contributed by atoms with Crippen LogP contribution in [0.4, 0.5) is 0 Å². The number of nitrogens with zero attached hydrogens (tertiary/aromatic N) is 1. The van der Waals surface area contributed by atoms with Gasteiger partial charge in [-0.25, -0.2) is 0 Å². The second-order valence-electron chi connectivity index (χ2n) is 6.07. The van der Waals surface area contributed by atoms with E-state index in [1.54, 1.807) is 0 Å². The minimum absolute atomic E-state index is 0.0702. The van der Waals surface area contributed by atoms with Gasteiger partial charge in [0.05, 0.1) is 6.10 Å². The van der Waals surface area contributed by atoms with Crippen LogP contribution >= 0.6 is 0 Å². The van der Waals surface area contributed by atoms with Crippen molar-refractivity contribution in [3.63, 3.8) is 0 Å². The second kappa shape index (κ2) is 6.58. The Morgan fingerprint density at radius 2 is 1.86 bits per heavy atom. The molecule has 0 aromatic heterocycles. The number of benzene rings is 1. The number of rotatable bonds is 3. The van der Waals surface area contributed by atoms with E-state index in [0.29, 0.717) is 12.5 Å². The second-order valence-corrected chi connectivity index (χ2v) is 6.07. The van der Waals surface area contributed by atoms with Crippen LogP contribution in [0, 0.1) is 0 Å². The van der Waals surface area contributed by atoms with Gasteiger partial charge < -0.3 is 15.4 Å². The highest BCUT2D eigenvalue weighted by Gasteiger charge is 2.34. The molecule has 21 heavy (non-hydrogen) atoms. The average molecular weight is 288 g/mol. The van der Waals surface area contributed by atoms with Gasteiger partial charge in [-0.15, -0.1) is 0 Å². The molecule has 1 amide bonds. The van der Waals surface area contributed by atoms with Crippen LogP contribution in [-0.4, -0.2) is 42.6 Å². The zero-order valence-corrected chi connectivity index (χ0v) is 12.4. The zero-order chi connectivity index (χ0) is 14.7. The van der Waals surface area contributed by atoms with Crippen LogP contribution in [0.3, 0.4) is 0 Å². The first-order chi connectivity index (χ1) is 10.3. The van der Waals surface area contributed by atoms with Crippen molar-refractivity contribution in [3.8, 4) is 0 Å². The zero-order valence-electron chi connectivity index (χ0n) is 12.4. The summed E-state index contributed by atoms with van der Waals surface area (Å²) in [5, 5.41) is 0. The lowest BCUT2D eigenvalue weighted by molar-refractivity contribution is -0.143. The minimum Gasteiger partial charge on any atom is -0.364 e. The molecule has 2 saturated heterocycles. The van der Waals surface area contributed by atoms with Gasteiger partial charge >= 0.3 is 0 Å². The van der Waals surface area contributed by atoms with Crippen LogP contribution in [0.15, 0.2) is 30.3 Å². The minimum atomic E-state index is -0.258. The Morgan fingerprint density at radius 1 is 1.14 bits per heavy atom. The number of amides is 1. The predicted octanol–water partition coefficient (Wildman–Crippen LogP) is 1.90. The molecule has 2 N–H and O–H groups in total. The van der Waals surface area contributed by atoms with Gasteiger partial charge in [-0.3, -0.25) is 4.79 Å². The average Bonchev–Trinajstić information content (AvgIpc) is 3.04. The summed E-state index contributed by atoms with van der Waals surface area (Å²) in [7, 11) is 0. The number of ether oxygens (including phenoxy) is 1. The summed E-state index contributed by atoms with van der Waals surface area (Å²) in [6.45, 7) is 2.19. The Hall–Kier alpha value is -1.39. The van der Waals surface area contributed by atoms with Gasteiger partial charge in [-0.2, -0.15) is 0 Å². The van der Waals surface area contributed by atoms with E-state index in [1.165, 1.54) is 5.56 Å². The number of hydrogen-bond acceptors (Lipinski definition) is 3. The molecule has 114 valence electrons. The highest BCUT2D eigenvalue weighted by Crippen LogP contribution is 2.29. The van der Waals surface area contributed by atoms with Crippen molar-refractivity contribution in [2.45, 2.75) is 43.8 Å². The number of piperidine rings is 1. The van der Waals surface area contributed by atoms with E-state index in [0.717, 1.165) is 38.8 Å². The van der Waals surface area contributed by atoms with Crippen LogP contribution in [0.25, 0.3) is 0 Å². The summed E-state index contributed by atoms with van der Waals surface area (Å²) in [6.07, 6.45) is 3.63. The molecule has 0 bridgehead atoms. The summed E-state index contributed by atoms with van der Waals surface area (Å²) < 4.78 is 5.72. The fourth-order valence-electron chi connectivity index (χ4n) is 3.42. The molecule has 1 aromatic rings. The molecular formula is C17H24N2O2. The smallest absolute Gasteiger partial charge is 0.251 e. The highest BCUT2D eigenvalue weighted by atomic mass is 16.5. The van der Waals surface area contributed by atoms with Crippen molar-refractivity contribution in [2.75, 3.05) is 19.6 Å². The Balaban J connectivity index is 1.53. The Kier molecular flexibility index (Phi) is 4.56. The Morgan fingerprint density at radius 3 is 2.48 bits per heavy atom. The lowest BCUT2D eigenvalue weighted by atomic mass is 9.89. The Bertz CT molecular complexity index is 469. The van der Waals surface area contributed by atoms with Crippen molar-refractivity contribution in [1.82, 2.24) is 4.90 Å². The highest BCUT2D eigenvalue weighted by molar-refractivity contribution is 5.81. The number of carbonyl (C=O) groups excluding carboxylic acids is 1. The van der Waals surface area contributed by atoms with Gasteiger partial charge in [0, 0.05) is 19.6 Å². The molecule has 0 unspecified atom stereocenters. The monoisotopic (exact) mass is 288 g/mol. The van der Waals surface area contributed by atoms with E-state index < -0.39 is 0 Å². The van der Waals surface area contributed by atoms with Gasteiger partial charge in [0.1, 0.15) is 6.10 Å². The maximum absolute atomic E-state index is 12.5. The summed E-state index contributed by atoms with van der Waals surface area (Å²) >= 11 is 0. The van der Waals surface area contributed by atoms with E-state index in [2.05, 4.69) is 24.3 Å². The van der Waals surface area contributed by atoms with E-state index in [9.17, 15) is 4.79 Å². The van der Waals surface area contributed by atoms with Gasteiger partial charge in [0.2, 0.25) is 0 Å². The van der Waals surface area contributed by atoms with Gasteiger partial charge in [-0.1, -0.05) is 30.3 Å². The van der Waals surface area contributed by atoms with Crippen LogP contribution in [0.2, 0.25) is 0 Å². The molecule has 2 aliphatic rings. The van der Waals surface area contributed by atoms with E-state index >= 15 is 0 Å². The van der Waals surface area contributed by atoms with E-state index in [-0.39, 0.29) is 18.1 Å². The lowest BCUT2D eigenvalue weighted by Gasteiger charge is -2.33. The molecule has 4 nitrogen and oxygen atoms in total. The quantitative estimate of drug-likeness (QED) is 0.924. The fraction of sp³-hybridized carbons (Fsp3) is 0.588. The molecular weight excluding hydrogens is 264 g/mol. The first-order valence-corrected chi connectivity index (χ1v) is 7.97. The third-order valence-corrected chi connectivity index (χ3v) is 4.72. The predicted molar refractivity (Wildman–Crippen MR) is 81.9 cm³/mol. The van der Waals surface area contributed by atoms with E-state index in [1.807, 2.05) is 11.0 Å². The molecule has 0 aliphatic carbocycles. The number of carbonyl (C=O) groups is 1. The van der Waals surface area contributed by atoms with Crippen molar-refractivity contribution in [1.29, 1.82) is 0 Å². The maximum atomic E-state index is 12.5. The summed E-state index contributed by atoms with van der Waals surface area (Å²) in [6, 6.07) is 10.6. The van der Waals surface area contributed by atoms with Crippen LogP contribution in [0.5, 0.6) is 0 Å². The molecule has 2 atom stereocenters. The van der Waals surface area contributed by atoms with Crippen LogP contribution in [0.1, 0.15) is 37.2 Å². The summed E-state index contributed by atoms with van der Waals surface area (Å²) in [4.78, 5) is 14.4. The SMILES string of the molecule is NC[C@H]1CC[C@@H](C(=O)N2CCC(c3ccccc3)CC2)O1. The third-order valence-electron chi connectivity index (χ3n) is 4.72. The van der Waals surface area contributed by atoms with Crippen LogP contribution in [-0.2, 0) is 9.53 Å². The van der Waals surface area contributed by atoms with Crippen molar-refractivity contribution in [3.05, 3.63) is 35.9 Å². The van der Waals surface area contributed by atoms with E-state index in [4.69, 9.17) is 10.5 Å². The number of hydrogen-bond donors (Lipinski definition) is 1. The van der Waals surface area contributed by atoms with Crippen molar-refractivity contribution >= 4 is 5.91 Å². The number of nitrogens with two attached hydrogens (primary N) is 1. The first kappa shape index (κ1) is 14.5.